The van der Waals surface area contributed by atoms with E-state index in [9.17, 15) is 13.2 Å². The van der Waals surface area contributed by atoms with Crippen molar-refractivity contribution in [3.63, 3.8) is 0 Å². The third-order valence-electron chi connectivity index (χ3n) is 7.38. The lowest BCUT2D eigenvalue weighted by molar-refractivity contribution is -0.137. The highest BCUT2D eigenvalue weighted by Gasteiger charge is 2.60. The molecule has 0 bridgehead atoms. The number of halogens is 4. The normalized spacial score (nSPS) is 21.8. The van der Waals surface area contributed by atoms with E-state index >= 15 is 0 Å². The van der Waals surface area contributed by atoms with E-state index in [0.29, 0.717) is 5.92 Å². The largest absolute Gasteiger partial charge is 0.416 e. The van der Waals surface area contributed by atoms with E-state index in [-0.39, 0.29) is 17.8 Å². The maximum Gasteiger partial charge on any atom is 0.416 e. The predicted molar refractivity (Wildman–Crippen MR) is 129 cm³/mol. The number of aryl methyl sites for hydroxylation is 1. The second kappa shape index (κ2) is 9.70. The molecule has 0 spiro atoms. The van der Waals surface area contributed by atoms with Crippen LogP contribution in [0.3, 0.4) is 0 Å². The lowest BCUT2D eigenvalue weighted by Crippen LogP contribution is -2.27. The summed E-state index contributed by atoms with van der Waals surface area (Å²) in [5, 5.41) is 8.74. The summed E-state index contributed by atoms with van der Waals surface area (Å²) in [6.45, 7) is 3.07. The zero-order valence-electron chi connectivity index (χ0n) is 19.3. The highest BCUT2D eigenvalue weighted by molar-refractivity contribution is 5.85. The number of piperidine rings is 1. The Balaban J connectivity index is 0.00000274. The van der Waals surface area contributed by atoms with Crippen LogP contribution in [0.4, 0.5) is 13.2 Å². The van der Waals surface area contributed by atoms with Crippen LogP contribution in [0.5, 0.6) is 0 Å². The molecule has 3 aromatic rings. The van der Waals surface area contributed by atoms with Crippen molar-refractivity contribution in [3.8, 4) is 11.4 Å². The summed E-state index contributed by atoms with van der Waals surface area (Å²) < 4.78 is 40.7. The minimum Gasteiger partial charge on any atom is -0.314 e. The SMILES string of the molecule is Cl.Cn1c(CCCCCN2CC3C[C@]3(c3ccc(C(F)(F)F)cc3)C2)nnc1-c1ccccc1. The third kappa shape index (κ3) is 4.86. The van der Waals surface area contributed by atoms with Gasteiger partial charge in [-0.15, -0.1) is 22.6 Å². The molecule has 1 aliphatic heterocycles. The molecule has 2 atom stereocenters. The van der Waals surface area contributed by atoms with Gasteiger partial charge in [-0.2, -0.15) is 13.2 Å². The molecule has 1 saturated carbocycles. The van der Waals surface area contributed by atoms with Gasteiger partial charge < -0.3 is 9.47 Å². The number of fused-ring (bicyclic) bond motifs is 1. The maximum absolute atomic E-state index is 12.9. The summed E-state index contributed by atoms with van der Waals surface area (Å²) in [6, 6.07) is 16.0. The van der Waals surface area contributed by atoms with Gasteiger partial charge in [-0.3, -0.25) is 0 Å². The lowest BCUT2D eigenvalue weighted by Gasteiger charge is -2.21. The molecule has 1 unspecified atom stereocenters. The molecule has 1 aliphatic carbocycles. The first kappa shape index (κ1) is 24.7. The summed E-state index contributed by atoms with van der Waals surface area (Å²) >= 11 is 0. The molecule has 34 heavy (non-hydrogen) atoms. The molecule has 0 radical (unpaired) electrons. The molecular formula is C26H30ClF3N4. The van der Waals surface area contributed by atoms with E-state index < -0.39 is 11.7 Å². The van der Waals surface area contributed by atoms with Crippen LogP contribution in [0, 0.1) is 5.92 Å². The Kier molecular flexibility index (Phi) is 7.06. The van der Waals surface area contributed by atoms with Crippen LogP contribution in [0.15, 0.2) is 54.6 Å². The summed E-state index contributed by atoms with van der Waals surface area (Å²) in [6.07, 6.45) is 1.07. The van der Waals surface area contributed by atoms with Crippen LogP contribution >= 0.6 is 12.4 Å². The van der Waals surface area contributed by atoms with Gasteiger partial charge >= 0.3 is 6.18 Å². The number of hydrogen-bond donors (Lipinski definition) is 0. The first-order valence-corrected chi connectivity index (χ1v) is 11.7. The summed E-state index contributed by atoms with van der Waals surface area (Å²) in [5.41, 5.74) is 1.66. The van der Waals surface area contributed by atoms with Crippen LogP contribution in [0.2, 0.25) is 0 Å². The van der Waals surface area contributed by atoms with Crippen molar-refractivity contribution in [2.24, 2.45) is 13.0 Å². The Labute approximate surface area is 204 Å². The minimum atomic E-state index is -4.27. The van der Waals surface area contributed by atoms with Gasteiger partial charge in [0.25, 0.3) is 0 Å². The smallest absolute Gasteiger partial charge is 0.314 e. The van der Waals surface area contributed by atoms with Crippen molar-refractivity contribution in [2.75, 3.05) is 19.6 Å². The van der Waals surface area contributed by atoms with Crippen LogP contribution in [-0.2, 0) is 25.1 Å². The molecule has 1 saturated heterocycles. The van der Waals surface area contributed by atoms with Crippen LogP contribution < -0.4 is 0 Å². The van der Waals surface area contributed by atoms with E-state index in [0.717, 1.165) is 74.5 Å². The fourth-order valence-electron chi connectivity index (χ4n) is 5.41. The Morgan fingerprint density at radius 2 is 1.71 bits per heavy atom. The Morgan fingerprint density at radius 3 is 2.41 bits per heavy atom. The van der Waals surface area contributed by atoms with Crippen molar-refractivity contribution >= 4 is 12.4 Å². The molecule has 2 heterocycles. The molecule has 0 amide bonds. The number of alkyl halides is 3. The first-order valence-electron chi connectivity index (χ1n) is 11.7. The molecule has 5 rings (SSSR count). The molecule has 182 valence electrons. The third-order valence-corrected chi connectivity index (χ3v) is 7.38. The molecule has 2 aliphatic rings. The van der Waals surface area contributed by atoms with E-state index in [1.807, 2.05) is 37.4 Å². The first-order chi connectivity index (χ1) is 15.9. The number of aromatic nitrogens is 3. The second-order valence-electron chi connectivity index (χ2n) is 9.54. The van der Waals surface area contributed by atoms with Gasteiger partial charge in [0.1, 0.15) is 5.82 Å². The quantitative estimate of drug-likeness (QED) is 0.368. The fraction of sp³-hybridized carbons (Fsp3) is 0.462. The number of hydrogen-bond acceptors (Lipinski definition) is 3. The van der Waals surface area contributed by atoms with Crippen molar-refractivity contribution in [3.05, 3.63) is 71.5 Å². The van der Waals surface area contributed by atoms with E-state index in [4.69, 9.17) is 0 Å². The van der Waals surface area contributed by atoms with Crippen molar-refractivity contribution in [2.45, 2.75) is 43.7 Å². The number of rotatable bonds is 8. The molecule has 4 nitrogen and oxygen atoms in total. The number of benzene rings is 2. The molecule has 1 aromatic heterocycles. The number of likely N-dealkylation sites (tertiary alicyclic amines) is 1. The van der Waals surface area contributed by atoms with Crippen molar-refractivity contribution in [1.29, 1.82) is 0 Å². The Hall–Kier alpha value is -2.38. The topological polar surface area (TPSA) is 34.0 Å². The van der Waals surface area contributed by atoms with Crippen LogP contribution in [-0.4, -0.2) is 39.3 Å². The standard InChI is InChI=1S/C26H29F3N4.ClH/c1-32-23(30-31-24(32)19-8-4-2-5-9-19)10-6-3-7-15-33-17-22-16-25(22,18-33)20-11-13-21(14-12-20)26(27,28)29;/h2,4-5,8-9,11-14,22H,3,6-7,10,15-18H2,1H3;1H/t22?,25-;/m1./s1. The van der Waals surface area contributed by atoms with Crippen LogP contribution in [0.1, 0.15) is 42.6 Å². The predicted octanol–water partition coefficient (Wildman–Crippen LogP) is 5.91. The van der Waals surface area contributed by atoms with Gasteiger partial charge in [-0.1, -0.05) is 48.9 Å². The average Bonchev–Trinajstić information content (AvgIpc) is 3.18. The fourth-order valence-corrected chi connectivity index (χ4v) is 5.41. The van der Waals surface area contributed by atoms with Gasteiger partial charge in [0.15, 0.2) is 5.82 Å². The van der Waals surface area contributed by atoms with Gasteiger partial charge in [0, 0.05) is 37.5 Å². The number of unbranched alkanes of at least 4 members (excludes halogenated alkanes) is 2. The summed E-state index contributed by atoms with van der Waals surface area (Å²) in [5.74, 6) is 2.50. The zero-order valence-corrected chi connectivity index (χ0v) is 20.1. The average molecular weight is 491 g/mol. The highest BCUT2D eigenvalue weighted by atomic mass is 35.5. The van der Waals surface area contributed by atoms with E-state index in [2.05, 4.69) is 19.7 Å². The molecule has 8 heteroatoms. The van der Waals surface area contributed by atoms with Crippen molar-refractivity contribution in [1.82, 2.24) is 19.7 Å². The minimum absolute atomic E-state index is 0. The van der Waals surface area contributed by atoms with Gasteiger partial charge in [0.2, 0.25) is 0 Å². The molecule has 2 fully saturated rings. The monoisotopic (exact) mass is 490 g/mol. The van der Waals surface area contributed by atoms with Crippen molar-refractivity contribution < 1.29 is 13.2 Å². The Bertz CT molecular complexity index is 1100. The molecular weight excluding hydrogens is 461 g/mol. The van der Waals surface area contributed by atoms with E-state index in [1.54, 1.807) is 12.1 Å². The number of nitrogens with zero attached hydrogens (tertiary/aromatic N) is 4. The lowest BCUT2D eigenvalue weighted by atomic mass is 9.94. The molecule has 0 N–H and O–H groups in total. The zero-order chi connectivity index (χ0) is 23.1. The second-order valence-corrected chi connectivity index (χ2v) is 9.54. The summed E-state index contributed by atoms with van der Waals surface area (Å²) in [7, 11) is 2.02. The highest BCUT2D eigenvalue weighted by Crippen LogP contribution is 2.59. The van der Waals surface area contributed by atoms with Gasteiger partial charge in [-0.25, -0.2) is 0 Å². The van der Waals surface area contributed by atoms with Crippen LogP contribution in [0.25, 0.3) is 11.4 Å². The maximum atomic E-state index is 12.9. The summed E-state index contributed by atoms with van der Waals surface area (Å²) in [4.78, 5) is 2.49. The Morgan fingerprint density at radius 1 is 0.971 bits per heavy atom. The van der Waals surface area contributed by atoms with Gasteiger partial charge in [-0.05, 0) is 49.4 Å². The van der Waals surface area contributed by atoms with E-state index in [1.165, 1.54) is 12.1 Å². The van der Waals surface area contributed by atoms with Gasteiger partial charge in [0.05, 0.1) is 5.56 Å². The molecule has 2 aromatic carbocycles.